The fraction of sp³-hybridized carbons (Fsp3) is 0.562. The molecule has 9 heteroatoms. The molecule has 0 unspecified atom stereocenters. The number of nitrogens with one attached hydrogen (secondary N) is 1. The highest BCUT2D eigenvalue weighted by molar-refractivity contribution is 5.80. The number of nitro groups is 1. The Labute approximate surface area is 142 Å². The lowest BCUT2D eigenvalue weighted by Crippen LogP contribution is -2.45. The van der Waals surface area contributed by atoms with Crippen LogP contribution >= 0.6 is 0 Å². The minimum absolute atomic E-state index is 0.0457. The van der Waals surface area contributed by atoms with Gasteiger partial charge in [-0.1, -0.05) is 18.9 Å². The molecule has 3 N–H and O–H groups in total. The summed E-state index contributed by atoms with van der Waals surface area (Å²) in [5.74, 6) is -0.298. The van der Waals surface area contributed by atoms with E-state index >= 15 is 0 Å². The van der Waals surface area contributed by atoms with E-state index in [1.54, 1.807) is 0 Å². The second-order valence-corrected chi connectivity index (χ2v) is 6.23. The van der Waals surface area contributed by atoms with Crippen LogP contribution in [0.2, 0.25) is 0 Å². The number of halogens is 3. The highest BCUT2D eigenvalue weighted by atomic mass is 19.4. The summed E-state index contributed by atoms with van der Waals surface area (Å²) in [5.41, 5.74) is 3.83. The summed E-state index contributed by atoms with van der Waals surface area (Å²) in [4.78, 5) is 22.4. The van der Waals surface area contributed by atoms with Gasteiger partial charge in [0.1, 0.15) is 0 Å². The predicted molar refractivity (Wildman–Crippen MR) is 84.7 cm³/mol. The number of rotatable bonds is 5. The largest absolute Gasteiger partial charge is 0.416 e. The van der Waals surface area contributed by atoms with Crippen LogP contribution < -0.4 is 11.1 Å². The van der Waals surface area contributed by atoms with Crippen LogP contribution in [0.4, 0.5) is 18.9 Å². The van der Waals surface area contributed by atoms with Crippen LogP contribution in [0.25, 0.3) is 0 Å². The molecule has 0 saturated heterocycles. The van der Waals surface area contributed by atoms with Gasteiger partial charge in [0, 0.05) is 17.7 Å². The van der Waals surface area contributed by atoms with Gasteiger partial charge in [-0.25, -0.2) is 0 Å². The second kappa shape index (κ2) is 7.81. The van der Waals surface area contributed by atoms with E-state index in [0.717, 1.165) is 37.8 Å². The smallest absolute Gasteiger partial charge is 0.353 e. The van der Waals surface area contributed by atoms with Crippen molar-refractivity contribution in [3.8, 4) is 0 Å². The van der Waals surface area contributed by atoms with Gasteiger partial charge in [-0.05, 0) is 31.4 Å². The van der Waals surface area contributed by atoms with Crippen molar-refractivity contribution in [2.75, 3.05) is 6.54 Å². The Hall–Kier alpha value is -2.16. The van der Waals surface area contributed by atoms with Gasteiger partial charge in [0.25, 0.3) is 5.69 Å². The van der Waals surface area contributed by atoms with E-state index in [0.29, 0.717) is 12.6 Å². The molecule has 0 spiro atoms. The van der Waals surface area contributed by atoms with E-state index in [2.05, 4.69) is 5.32 Å². The zero-order valence-electron chi connectivity index (χ0n) is 13.5. The van der Waals surface area contributed by atoms with Crippen molar-refractivity contribution in [2.45, 2.75) is 44.3 Å². The van der Waals surface area contributed by atoms with Crippen molar-refractivity contribution >= 4 is 11.6 Å². The number of hydrogen-bond acceptors (Lipinski definition) is 4. The van der Waals surface area contributed by atoms with E-state index in [9.17, 15) is 28.1 Å². The van der Waals surface area contributed by atoms with Crippen LogP contribution in [0.5, 0.6) is 0 Å². The minimum Gasteiger partial charge on any atom is -0.353 e. The molecule has 1 aromatic carbocycles. The fourth-order valence-electron chi connectivity index (χ4n) is 3.17. The fourth-order valence-corrected chi connectivity index (χ4v) is 3.17. The van der Waals surface area contributed by atoms with Gasteiger partial charge < -0.3 is 11.1 Å². The predicted octanol–water partition coefficient (Wildman–Crippen LogP) is 2.79. The molecule has 1 aromatic rings. The molecule has 0 aliphatic heterocycles. The average molecular weight is 359 g/mol. The van der Waals surface area contributed by atoms with Crippen molar-refractivity contribution in [3.63, 3.8) is 0 Å². The normalized spacial score (nSPS) is 21.0. The zero-order chi connectivity index (χ0) is 18.6. The minimum atomic E-state index is -4.68. The molecule has 0 radical (unpaired) electrons. The van der Waals surface area contributed by atoms with Crippen LogP contribution in [0.3, 0.4) is 0 Å². The van der Waals surface area contributed by atoms with Gasteiger partial charge in [0.15, 0.2) is 0 Å². The topological polar surface area (TPSA) is 98.3 Å². The Morgan fingerprint density at radius 2 is 2.00 bits per heavy atom. The maximum atomic E-state index is 12.7. The van der Waals surface area contributed by atoms with Gasteiger partial charge in [-0.3, -0.25) is 14.9 Å². The highest BCUT2D eigenvalue weighted by Gasteiger charge is 2.33. The molecule has 6 nitrogen and oxygen atoms in total. The van der Waals surface area contributed by atoms with Gasteiger partial charge >= 0.3 is 6.18 Å². The van der Waals surface area contributed by atoms with Gasteiger partial charge in [0.2, 0.25) is 5.91 Å². The molecule has 1 saturated carbocycles. The average Bonchev–Trinajstić information content (AvgIpc) is 2.54. The Morgan fingerprint density at radius 3 is 2.60 bits per heavy atom. The first-order chi connectivity index (χ1) is 11.7. The van der Waals surface area contributed by atoms with E-state index in [4.69, 9.17) is 5.73 Å². The summed E-state index contributed by atoms with van der Waals surface area (Å²) in [6, 6.07) is 2.10. The zero-order valence-corrected chi connectivity index (χ0v) is 13.5. The Morgan fingerprint density at radius 1 is 1.32 bits per heavy atom. The number of carbonyl (C=O) groups excluding carboxylic acids is 1. The molecule has 25 heavy (non-hydrogen) atoms. The summed E-state index contributed by atoms with van der Waals surface area (Å²) in [6.45, 7) is 0.436. The number of amides is 1. The number of benzene rings is 1. The Kier molecular flexibility index (Phi) is 5.99. The summed E-state index contributed by atoms with van der Waals surface area (Å²) in [7, 11) is 0. The van der Waals surface area contributed by atoms with Crippen molar-refractivity contribution in [1.82, 2.24) is 5.32 Å². The molecule has 138 valence electrons. The van der Waals surface area contributed by atoms with E-state index in [-0.39, 0.29) is 23.9 Å². The van der Waals surface area contributed by atoms with Gasteiger partial charge in [-0.2, -0.15) is 13.2 Å². The van der Waals surface area contributed by atoms with Crippen LogP contribution in [0.15, 0.2) is 18.2 Å². The number of nitrogens with zero attached hydrogens (tertiary/aromatic N) is 1. The summed E-state index contributed by atoms with van der Waals surface area (Å²) in [5, 5.41) is 13.9. The molecule has 1 aliphatic rings. The van der Waals surface area contributed by atoms with Crippen molar-refractivity contribution < 1.29 is 22.9 Å². The van der Waals surface area contributed by atoms with Crippen LogP contribution in [0.1, 0.15) is 36.8 Å². The quantitative estimate of drug-likeness (QED) is 0.624. The van der Waals surface area contributed by atoms with Gasteiger partial charge in [-0.15, -0.1) is 0 Å². The van der Waals surface area contributed by atoms with E-state index in [1.807, 2.05) is 0 Å². The number of alkyl halides is 3. The maximum Gasteiger partial charge on any atom is 0.416 e. The highest BCUT2D eigenvalue weighted by Crippen LogP contribution is 2.33. The third-order valence-corrected chi connectivity index (χ3v) is 4.52. The lowest BCUT2D eigenvalue weighted by atomic mass is 9.84. The molecule has 1 fully saturated rings. The standard InChI is InChI=1S/C16H20F3N3O3/c17-16(18,19)12-6-5-10(14(8-12)22(24)25)7-15(23)21-13-4-2-1-3-11(13)9-20/h5-6,8,11,13H,1-4,7,9,20H2,(H,21,23)/t11-,13-/m0/s1. The second-order valence-electron chi connectivity index (χ2n) is 6.23. The van der Waals surface area contributed by atoms with Gasteiger partial charge in [0.05, 0.1) is 16.9 Å². The third kappa shape index (κ3) is 4.91. The first-order valence-electron chi connectivity index (χ1n) is 8.06. The van der Waals surface area contributed by atoms with Crippen molar-refractivity contribution in [1.29, 1.82) is 0 Å². The lowest BCUT2D eigenvalue weighted by Gasteiger charge is -2.31. The SMILES string of the molecule is NC[C@@H]1CCCC[C@@H]1NC(=O)Cc1ccc(C(F)(F)F)cc1[N+](=O)[O-]. The molecule has 2 atom stereocenters. The van der Waals surface area contributed by atoms with Crippen molar-refractivity contribution in [2.24, 2.45) is 11.7 Å². The number of nitro benzene ring substituents is 1. The van der Waals surface area contributed by atoms with Crippen LogP contribution in [0, 0.1) is 16.0 Å². The molecular formula is C16H20F3N3O3. The molecule has 0 bridgehead atoms. The monoisotopic (exact) mass is 359 g/mol. The Balaban J connectivity index is 2.13. The lowest BCUT2D eigenvalue weighted by molar-refractivity contribution is -0.385. The maximum absolute atomic E-state index is 12.7. The van der Waals surface area contributed by atoms with E-state index < -0.39 is 28.3 Å². The molecule has 2 rings (SSSR count). The van der Waals surface area contributed by atoms with E-state index in [1.165, 1.54) is 0 Å². The Bertz CT molecular complexity index is 649. The summed E-state index contributed by atoms with van der Waals surface area (Å²) >= 11 is 0. The molecule has 0 aromatic heterocycles. The summed E-state index contributed by atoms with van der Waals surface area (Å²) in [6.07, 6.45) is -1.34. The summed E-state index contributed by atoms with van der Waals surface area (Å²) < 4.78 is 38.1. The number of carbonyl (C=O) groups is 1. The van der Waals surface area contributed by atoms with Crippen LogP contribution in [-0.4, -0.2) is 23.4 Å². The third-order valence-electron chi connectivity index (χ3n) is 4.52. The van der Waals surface area contributed by atoms with Crippen LogP contribution in [-0.2, 0) is 17.4 Å². The van der Waals surface area contributed by atoms with Crippen molar-refractivity contribution in [3.05, 3.63) is 39.4 Å². The molecule has 1 amide bonds. The molecular weight excluding hydrogens is 339 g/mol. The first kappa shape index (κ1) is 19.2. The first-order valence-corrected chi connectivity index (χ1v) is 8.06. The molecule has 0 heterocycles. The number of hydrogen-bond donors (Lipinski definition) is 2. The number of nitrogens with two attached hydrogens (primary N) is 1. The molecule has 1 aliphatic carbocycles.